The summed E-state index contributed by atoms with van der Waals surface area (Å²) in [5.41, 5.74) is 0.803. The molecule has 1 heterocycles. The summed E-state index contributed by atoms with van der Waals surface area (Å²) in [7, 11) is 0. The Kier molecular flexibility index (Phi) is 5.68. The first kappa shape index (κ1) is 20.9. The number of amides is 3. The summed E-state index contributed by atoms with van der Waals surface area (Å²) in [5, 5.41) is 0. The molecule has 5 nitrogen and oxygen atoms in total. The summed E-state index contributed by atoms with van der Waals surface area (Å²) in [6.45, 7) is 5.30. The molecule has 1 aromatic carbocycles. The van der Waals surface area contributed by atoms with Crippen LogP contribution in [0.5, 0.6) is 0 Å². The topological polar surface area (TPSA) is 57.7 Å². The van der Waals surface area contributed by atoms with Crippen LogP contribution in [0.3, 0.4) is 0 Å². The maximum Gasteiger partial charge on any atom is 0.406 e. The minimum atomic E-state index is -4.52. The molecule has 27 heavy (non-hydrogen) atoms. The number of carbonyl (C=O) groups is 3. The quantitative estimate of drug-likeness (QED) is 0.731. The number of hydrogen-bond donors (Lipinski definition) is 0. The summed E-state index contributed by atoms with van der Waals surface area (Å²) in [6.07, 6.45) is -4.87. The number of carbonyl (C=O) groups excluding carboxylic acids is 3. The number of aryl methyl sites for hydroxylation is 1. The van der Waals surface area contributed by atoms with Crippen LogP contribution in [0.25, 0.3) is 0 Å². The number of fused-ring (bicyclic) bond motifs is 1. The van der Waals surface area contributed by atoms with Crippen LogP contribution in [0, 0.1) is 12.3 Å². The van der Waals surface area contributed by atoms with Gasteiger partial charge in [0.05, 0.1) is 11.1 Å². The van der Waals surface area contributed by atoms with Crippen LogP contribution >= 0.6 is 0 Å². The fraction of sp³-hybridized carbons (Fsp3) is 0.526. The molecule has 8 heteroatoms. The van der Waals surface area contributed by atoms with Crippen LogP contribution in [0.4, 0.5) is 13.2 Å². The van der Waals surface area contributed by atoms with E-state index in [0.29, 0.717) is 0 Å². The maximum absolute atomic E-state index is 12.8. The van der Waals surface area contributed by atoms with E-state index >= 15 is 0 Å². The highest BCUT2D eigenvalue weighted by atomic mass is 19.4. The molecule has 0 aliphatic carbocycles. The SMILES string of the molecule is Cc1ccc2c(c1)C(=O)N(CCC(=O)N(CC(C)(C)C)CC(F)(F)F)C2=O. The van der Waals surface area contributed by atoms with Crippen LogP contribution < -0.4 is 0 Å². The van der Waals surface area contributed by atoms with Gasteiger partial charge in [-0.05, 0) is 24.5 Å². The molecule has 0 spiro atoms. The second-order valence-electron chi connectivity index (χ2n) is 7.99. The maximum atomic E-state index is 12.8. The number of hydrogen-bond acceptors (Lipinski definition) is 3. The lowest BCUT2D eigenvalue weighted by atomic mass is 9.96. The zero-order valence-electron chi connectivity index (χ0n) is 15.8. The Morgan fingerprint density at radius 1 is 1.04 bits per heavy atom. The molecule has 148 valence electrons. The lowest BCUT2D eigenvalue weighted by Gasteiger charge is -2.31. The first-order chi connectivity index (χ1) is 12.3. The van der Waals surface area contributed by atoms with Crippen molar-refractivity contribution in [2.45, 2.75) is 40.3 Å². The highest BCUT2D eigenvalue weighted by Crippen LogP contribution is 2.25. The second kappa shape index (κ2) is 7.32. The Morgan fingerprint density at radius 2 is 1.63 bits per heavy atom. The summed E-state index contributed by atoms with van der Waals surface area (Å²) in [5.74, 6) is -1.79. The molecule has 0 aromatic heterocycles. The molecule has 0 saturated carbocycles. The van der Waals surface area contributed by atoms with Gasteiger partial charge in [0.2, 0.25) is 5.91 Å². The Bertz CT molecular complexity index is 750. The van der Waals surface area contributed by atoms with Gasteiger partial charge >= 0.3 is 6.18 Å². The molecule has 0 atom stereocenters. The Hall–Kier alpha value is -2.38. The largest absolute Gasteiger partial charge is 0.406 e. The van der Waals surface area contributed by atoms with Gasteiger partial charge in [0.15, 0.2) is 0 Å². The van der Waals surface area contributed by atoms with Crippen LogP contribution in [-0.2, 0) is 4.79 Å². The van der Waals surface area contributed by atoms with E-state index in [-0.39, 0.29) is 30.6 Å². The van der Waals surface area contributed by atoms with Crippen molar-refractivity contribution in [2.75, 3.05) is 19.6 Å². The van der Waals surface area contributed by atoms with Crippen LogP contribution in [-0.4, -0.2) is 53.3 Å². The molecule has 0 unspecified atom stereocenters. The van der Waals surface area contributed by atoms with Crippen LogP contribution in [0.15, 0.2) is 18.2 Å². The molecule has 0 bridgehead atoms. The number of halogens is 3. The van der Waals surface area contributed by atoms with Crippen molar-refractivity contribution in [1.82, 2.24) is 9.80 Å². The standard InChI is InChI=1S/C19H23F3N2O3/c1-12-5-6-13-14(9-12)17(27)24(16(13)26)8-7-15(25)23(10-18(2,3)4)11-19(20,21)22/h5-6,9H,7-8,10-11H2,1-4H3. The number of nitrogens with zero attached hydrogens (tertiary/aromatic N) is 2. The van der Waals surface area contributed by atoms with Gasteiger partial charge in [0.1, 0.15) is 6.54 Å². The van der Waals surface area contributed by atoms with Crippen molar-refractivity contribution >= 4 is 17.7 Å². The molecule has 2 rings (SSSR count). The Balaban J connectivity index is 2.09. The number of rotatable bonds is 5. The molecule has 1 aliphatic heterocycles. The molecule has 1 aliphatic rings. The first-order valence-corrected chi connectivity index (χ1v) is 8.60. The summed E-state index contributed by atoms with van der Waals surface area (Å²) in [6, 6.07) is 4.84. The summed E-state index contributed by atoms with van der Waals surface area (Å²) in [4.78, 5) is 38.8. The normalized spacial score (nSPS) is 14.6. The van der Waals surface area contributed by atoms with Gasteiger partial charge in [0.25, 0.3) is 11.8 Å². The van der Waals surface area contributed by atoms with E-state index in [1.807, 2.05) is 0 Å². The minimum absolute atomic E-state index is 0.0767. The van der Waals surface area contributed by atoms with Crippen molar-refractivity contribution in [3.8, 4) is 0 Å². The Labute approximate surface area is 156 Å². The van der Waals surface area contributed by atoms with Crippen molar-refractivity contribution in [1.29, 1.82) is 0 Å². The fourth-order valence-electron chi connectivity index (χ4n) is 2.99. The third kappa shape index (κ3) is 5.30. The number of benzene rings is 1. The number of alkyl halides is 3. The zero-order valence-corrected chi connectivity index (χ0v) is 15.8. The summed E-state index contributed by atoms with van der Waals surface area (Å²) < 4.78 is 38.4. The van der Waals surface area contributed by atoms with E-state index in [9.17, 15) is 27.6 Å². The number of imide groups is 1. The lowest BCUT2D eigenvalue weighted by molar-refractivity contribution is -0.163. The van der Waals surface area contributed by atoms with Crippen molar-refractivity contribution < 1.29 is 27.6 Å². The summed E-state index contributed by atoms with van der Waals surface area (Å²) >= 11 is 0. The van der Waals surface area contributed by atoms with E-state index in [1.165, 1.54) is 0 Å². The van der Waals surface area contributed by atoms with Gasteiger partial charge in [-0.25, -0.2) is 0 Å². The minimum Gasteiger partial charge on any atom is -0.333 e. The average molecular weight is 384 g/mol. The second-order valence-corrected chi connectivity index (χ2v) is 7.99. The van der Waals surface area contributed by atoms with Crippen LogP contribution in [0.2, 0.25) is 0 Å². The predicted octanol–water partition coefficient (Wildman–Crippen LogP) is 3.42. The smallest absolute Gasteiger partial charge is 0.333 e. The van der Waals surface area contributed by atoms with Crippen molar-refractivity contribution in [3.05, 3.63) is 34.9 Å². The first-order valence-electron chi connectivity index (χ1n) is 8.60. The molecule has 0 saturated heterocycles. The van der Waals surface area contributed by atoms with Crippen LogP contribution in [0.1, 0.15) is 53.5 Å². The van der Waals surface area contributed by atoms with Gasteiger partial charge < -0.3 is 4.90 Å². The van der Waals surface area contributed by atoms with E-state index in [0.717, 1.165) is 15.4 Å². The zero-order chi connectivity index (χ0) is 20.6. The van der Waals surface area contributed by atoms with Crippen molar-refractivity contribution in [3.63, 3.8) is 0 Å². The highest BCUT2D eigenvalue weighted by molar-refractivity contribution is 6.21. The van der Waals surface area contributed by atoms with Crippen molar-refractivity contribution in [2.24, 2.45) is 5.41 Å². The molecule has 0 N–H and O–H groups in total. The monoisotopic (exact) mass is 384 g/mol. The average Bonchev–Trinajstić information content (AvgIpc) is 2.72. The van der Waals surface area contributed by atoms with Gasteiger partial charge in [-0.1, -0.05) is 32.4 Å². The molecular weight excluding hydrogens is 361 g/mol. The third-order valence-electron chi connectivity index (χ3n) is 4.06. The van der Waals surface area contributed by atoms with E-state index < -0.39 is 35.9 Å². The molecule has 3 amide bonds. The lowest BCUT2D eigenvalue weighted by Crippen LogP contribution is -2.44. The van der Waals surface area contributed by atoms with E-state index in [2.05, 4.69) is 0 Å². The third-order valence-corrected chi connectivity index (χ3v) is 4.06. The van der Waals surface area contributed by atoms with Gasteiger partial charge in [-0.2, -0.15) is 13.2 Å². The predicted molar refractivity (Wildman–Crippen MR) is 93.3 cm³/mol. The highest BCUT2D eigenvalue weighted by Gasteiger charge is 2.37. The molecular formula is C19H23F3N2O3. The van der Waals surface area contributed by atoms with Gasteiger partial charge in [0, 0.05) is 19.5 Å². The molecule has 0 fully saturated rings. The van der Waals surface area contributed by atoms with Gasteiger partial charge in [-0.15, -0.1) is 0 Å². The molecule has 1 aromatic rings. The Morgan fingerprint density at radius 3 is 2.19 bits per heavy atom. The van der Waals surface area contributed by atoms with E-state index in [4.69, 9.17) is 0 Å². The fourth-order valence-corrected chi connectivity index (χ4v) is 2.99. The molecule has 0 radical (unpaired) electrons. The van der Waals surface area contributed by atoms with E-state index in [1.54, 1.807) is 45.9 Å². The van der Waals surface area contributed by atoms with Gasteiger partial charge in [-0.3, -0.25) is 19.3 Å².